The molecule has 2 unspecified atom stereocenters. The Balaban J connectivity index is 2.70. The van der Waals surface area contributed by atoms with Crippen LogP contribution in [0.15, 0.2) is 11.7 Å². The second kappa shape index (κ2) is 5.82. The predicted octanol–water partition coefficient (Wildman–Crippen LogP) is 1.77. The van der Waals surface area contributed by atoms with Gasteiger partial charge in [-0.3, -0.25) is 9.78 Å². The molecule has 1 heterocycles. The molecule has 0 aliphatic rings. The van der Waals surface area contributed by atoms with Gasteiger partial charge in [0.2, 0.25) is 0 Å². The summed E-state index contributed by atoms with van der Waals surface area (Å²) in [5, 5.41) is 9.94. The smallest absolute Gasteiger partial charge is 0.311 e. The normalized spacial score (nSPS) is 14.6. The van der Waals surface area contributed by atoms with Crippen LogP contribution in [-0.4, -0.2) is 22.7 Å². The fourth-order valence-corrected chi connectivity index (χ4v) is 2.01. The molecule has 15 heavy (non-hydrogen) atoms. The van der Waals surface area contributed by atoms with Crippen molar-refractivity contribution in [1.82, 2.24) is 4.98 Å². The van der Waals surface area contributed by atoms with E-state index in [9.17, 15) is 9.90 Å². The topological polar surface area (TPSA) is 59.4 Å². The summed E-state index contributed by atoms with van der Waals surface area (Å²) in [4.78, 5) is 16.1. The van der Waals surface area contributed by atoms with Crippen LogP contribution < -0.4 is 0 Å². The van der Waals surface area contributed by atoms with Gasteiger partial charge in [0, 0.05) is 6.20 Å². The van der Waals surface area contributed by atoms with Crippen LogP contribution in [0.25, 0.3) is 0 Å². The molecule has 0 aliphatic carbocycles. The molecule has 0 spiro atoms. The van der Waals surface area contributed by atoms with Crippen LogP contribution >= 0.6 is 11.3 Å². The van der Waals surface area contributed by atoms with Gasteiger partial charge in [-0.05, 0) is 13.3 Å². The van der Waals surface area contributed by atoms with E-state index in [-0.39, 0.29) is 5.97 Å². The predicted molar refractivity (Wildman–Crippen MR) is 57.5 cm³/mol. The van der Waals surface area contributed by atoms with Crippen molar-refractivity contribution < 1.29 is 14.6 Å². The van der Waals surface area contributed by atoms with E-state index in [4.69, 9.17) is 4.74 Å². The minimum absolute atomic E-state index is 0.338. The number of carbonyl (C=O) groups excluding carboxylic acids is 1. The molecule has 0 amide bonds. The fourth-order valence-electron chi connectivity index (χ4n) is 1.34. The van der Waals surface area contributed by atoms with Crippen LogP contribution in [0.5, 0.6) is 0 Å². The maximum atomic E-state index is 11.5. The number of aliphatic hydroxyl groups excluding tert-OH is 1. The first-order valence-electron chi connectivity index (χ1n) is 4.93. The summed E-state index contributed by atoms with van der Waals surface area (Å²) in [6, 6.07) is 0. The molecule has 1 aromatic heterocycles. The molecule has 1 aromatic rings. The molecule has 0 radical (unpaired) electrons. The van der Waals surface area contributed by atoms with Crippen LogP contribution in [-0.2, 0) is 9.53 Å². The highest BCUT2D eigenvalue weighted by molar-refractivity contribution is 7.09. The molecule has 84 valence electrons. The highest BCUT2D eigenvalue weighted by Gasteiger charge is 2.28. The van der Waals surface area contributed by atoms with Crippen molar-refractivity contribution in [2.75, 3.05) is 6.61 Å². The van der Waals surface area contributed by atoms with Gasteiger partial charge in [0.05, 0.1) is 22.9 Å². The van der Waals surface area contributed by atoms with E-state index in [2.05, 4.69) is 4.98 Å². The van der Waals surface area contributed by atoms with Gasteiger partial charge < -0.3 is 9.84 Å². The van der Waals surface area contributed by atoms with Crippen LogP contribution in [0.1, 0.15) is 31.2 Å². The summed E-state index contributed by atoms with van der Waals surface area (Å²) in [6.07, 6.45) is 1.33. The zero-order chi connectivity index (χ0) is 11.3. The number of carbonyl (C=O) groups is 1. The molecule has 5 heteroatoms. The van der Waals surface area contributed by atoms with Gasteiger partial charge in [0.1, 0.15) is 6.10 Å². The highest BCUT2D eigenvalue weighted by Crippen LogP contribution is 2.27. The number of ether oxygens (including phenoxy) is 1. The molecule has 0 saturated carbocycles. The van der Waals surface area contributed by atoms with Gasteiger partial charge >= 0.3 is 5.97 Å². The minimum Gasteiger partial charge on any atom is -0.466 e. The van der Waals surface area contributed by atoms with Gasteiger partial charge in [-0.1, -0.05) is 6.92 Å². The Morgan fingerprint density at radius 1 is 1.67 bits per heavy atom. The minimum atomic E-state index is -0.804. The average Bonchev–Trinajstić information content (AvgIpc) is 2.71. The van der Waals surface area contributed by atoms with E-state index in [0.29, 0.717) is 17.9 Å². The molecule has 1 N–H and O–H groups in total. The van der Waals surface area contributed by atoms with Gasteiger partial charge in [-0.2, -0.15) is 0 Å². The van der Waals surface area contributed by atoms with E-state index >= 15 is 0 Å². The molecule has 0 saturated heterocycles. The quantitative estimate of drug-likeness (QED) is 0.782. The largest absolute Gasteiger partial charge is 0.466 e. The Hall–Kier alpha value is -0.940. The lowest BCUT2D eigenvalue weighted by Gasteiger charge is -2.18. The van der Waals surface area contributed by atoms with Crippen molar-refractivity contribution in [1.29, 1.82) is 0 Å². The van der Waals surface area contributed by atoms with E-state index in [0.717, 1.165) is 0 Å². The third kappa shape index (κ3) is 3.00. The Labute approximate surface area is 92.9 Å². The van der Waals surface area contributed by atoms with E-state index in [1.54, 1.807) is 18.6 Å². The number of hydrogen-bond acceptors (Lipinski definition) is 5. The van der Waals surface area contributed by atoms with E-state index in [1.807, 2.05) is 6.92 Å². The van der Waals surface area contributed by atoms with Crippen molar-refractivity contribution in [3.8, 4) is 0 Å². The van der Waals surface area contributed by atoms with Crippen molar-refractivity contribution in [2.45, 2.75) is 26.4 Å². The number of hydrogen-bond donors (Lipinski definition) is 1. The van der Waals surface area contributed by atoms with Gasteiger partial charge in [-0.15, -0.1) is 11.3 Å². The number of nitrogens with zero attached hydrogens (tertiary/aromatic N) is 1. The Morgan fingerprint density at radius 3 is 2.87 bits per heavy atom. The Bertz CT molecular complexity index is 300. The van der Waals surface area contributed by atoms with Crippen molar-refractivity contribution in [3.05, 3.63) is 16.6 Å². The SMILES string of the molecule is CCOC(=O)C(CC)C(O)c1cncs1. The molecule has 0 aliphatic heterocycles. The maximum absolute atomic E-state index is 11.5. The second-order valence-electron chi connectivity index (χ2n) is 3.12. The van der Waals surface area contributed by atoms with Gasteiger partial charge in [0.15, 0.2) is 0 Å². The lowest BCUT2D eigenvalue weighted by molar-refractivity contribution is -0.152. The highest BCUT2D eigenvalue weighted by atomic mass is 32.1. The van der Waals surface area contributed by atoms with Crippen LogP contribution in [0.2, 0.25) is 0 Å². The summed E-state index contributed by atoms with van der Waals surface area (Å²) in [6.45, 7) is 3.94. The summed E-state index contributed by atoms with van der Waals surface area (Å²) < 4.78 is 4.90. The number of rotatable bonds is 5. The molecule has 0 bridgehead atoms. The number of esters is 1. The maximum Gasteiger partial charge on any atom is 0.311 e. The summed E-state index contributed by atoms with van der Waals surface area (Å²) in [7, 11) is 0. The second-order valence-corrected chi connectivity index (χ2v) is 4.03. The molecular formula is C10H15NO3S. The van der Waals surface area contributed by atoms with E-state index in [1.165, 1.54) is 11.3 Å². The summed E-state index contributed by atoms with van der Waals surface area (Å²) in [5.41, 5.74) is 1.64. The third-order valence-corrected chi connectivity index (χ3v) is 3.00. The molecule has 2 atom stereocenters. The number of aromatic nitrogens is 1. The first-order chi connectivity index (χ1) is 7.20. The number of thiazole rings is 1. The molecular weight excluding hydrogens is 214 g/mol. The standard InChI is InChI=1S/C10H15NO3S/c1-3-7(10(13)14-4-2)9(12)8-5-11-6-15-8/h5-7,9,12H,3-4H2,1-2H3. The molecule has 4 nitrogen and oxygen atoms in total. The van der Waals surface area contributed by atoms with E-state index < -0.39 is 12.0 Å². The lowest BCUT2D eigenvalue weighted by Crippen LogP contribution is -2.23. The van der Waals surface area contributed by atoms with Gasteiger partial charge in [-0.25, -0.2) is 0 Å². The monoisotopic (exact) mass is 229 g/mol. The molecule has 0 aromatic carbocycles. The van der Waals surface area contributed by atoms with Crippen LogP contribution in [0, 0.1) is 5.92 Å². The van der Waals surface area contributed by atoms with Gasteiger partial charge in [0.25, 0.3) is 0 Å². The average molecular weight is 229 g/mol. The zero-order valence-electron chi connectivity index (χ0n) is 8.84. The lowest BCUT2D eigenvalue weighted by atomic mass is 9.99. The van der Waals surface area contributed by atoms with Crippen molar-refractivity contribution in [3.63, 3.8) is 0 Å². The fraction of sp³-hybridized carbons (Fsp3) is 0.600. The first-order valence-corrected chi connectivity index (χ1v) is 5.81. The Morgan fingerprint density at radius 2 is 2.40 bits per heavy atom. The zero-order valence-corrected chi connectivity index (χ0v) is 9.66. The first kappa shape index (κ1) is 12.1. The summed E-state index contributed by atoms with van der Waals surface area (Å²) >= 11 is 1.34. The van der Waals surface area contributed by atoms with Crippen molar-refractivity contribution >= 4 is 17.3 Å². The molecule has 1 rings (SSSR count). The summed E-state index contributed by atoms with van der Waals surface area (Å²) in [5.74, 6) is -0.841. The van der Waals surface area contributed by atoms with Crippen LogP contribution in [0.4, 0.5) is 0 Å². The Kier molecular flexibility index (Phi) is 4.71. The molecule has 0 fully saturated rings. The third-order valence-electron chi connectivity index (χ3n) is 2.15. The van der Waals surface area contributed by atoms with Crippen molar-refractivity contribution in [2.24, 2.45) is 5.92 Å². The number of aliphatic hydroxyl groups is 1. The van der Waals surface area contributed by atoms with Crippen LogP contribution in [0.3, 0.4) is 0 Å².